The molecule has 1 heterocycles. The van der Waals surface area contributed by atoms with Crippen LogP contribution in [0, 0.1) is 6.07 Å². The summed E-state index contributed by atoms with van der Waals surface area (Å²) in [4.78, 5) is 2.09. The van der Waals surface area contributed by atoms with E-state index < -0.39 is 0 Å². The van der Waals surface area contributed by atoms with Crippen molar-refractivity contribution in [3.63, 3.8) is 0 Å². The van der Waals surface area contributed by atoms with E-state index in [-0.39, 0.29) is 17.1 Å². The number of rotatable bonds is 2. The summed E-state index contributed by atoms with van der Waals surface area (Å²) in [6.45, 7) is 1.19. The van der Waals surface area contributed by atoms with Crippen LogP contribution in [-0.2, 0) is 23.6 Å². The van der Waals surface area contributed by atoms with E-state index in [4.69, 9.17) is 9.47 Å². The zero-order valence-electron chi connectivity index (χ0n) is 8.13. The van der Waals surface area contributed by atoms with Crippen LogP contribution in [0.4, 0.5) is 0 Å². The molecule has 80 valence electrons. The van der Waals surface area contributed by atoms with Crippen molar-refractivity contribution in [1.29, 1.82) is 0 Å². The van der Waals surface area contributed by atoms with Gasteiger partial charge in [0.1, 0.15) is 0 Å². The van der Waals surface area contributed by atoms with Crippen molar-refractivity contribution in [3.8, 4) is 11.5 Å². The van der Waals surface area contributed by atoms with Crippen molar-refractivity contribution in [2.24, 2.45) is 0 Å². The summed E-state index contributed by atoms with van der Waals surface area (Å²) < 4.78 is 10.4. The van der Waals surface area contributed by atoms with Crippen LogP contribution in [0.15, 0.2) is 12.1 Å². The minimum absolute atomic E-state index is 0. The molecule has 0 unspecified atom stereocenters. The van der Waals surface area contributed by atoms with Crippen molar-refractivity contribution < 1.29 is 26.5 Å². The number of benzene rings is 1. The second-order valence-corrected chi connectivity index (χ2v) is 3.32. The summed E-state index contributed by atoms with van der Waals surface area (Å²) in [6.07, 6.45) is 0. The van der Waals surface area contributed by atoms with Gasteiger partial charge in [0, 0.05) is 6.54 Å². The largest absolute Gasteiger partial charge is 1.00 e. The molecule has 0 aromatic heterocycles. The molecule has 1 aliphatic rings. The van der Waals surface area contributed by atoms with Crippen LogP contribution >= 0.6 is 0 Å². The summed E-state index contributed by atoms with van der Waals surface area (Å²) in [5.74, 6) is 1.53. The Balaban J connectivity index is 0.000000980. The molecule has 0 saturated heterocycles. The molecular formula is C10H12CuNO2. The van der Waals surface area contributed by atoms with Gasteiger partial charge in [0.25, 0.3) is 0 Å². The zero-order chi connectivity index (χ0) is 9.26. The predicted molar refractivity (Wildman–Crippen MR) is 48.8 cm³/mol. The van der Waals surface area contributed by atoms with Crippen LogP contribution in [0.1, 0.15) is 5.56 Å². The van der Waals surface area contributed by atoms with E-state index in [2.05, 4.69) is 11.0 Å². The fourth-order valence-electron chi connectivity index (χ4n) is 1.31. The third-order valence-corrected chi connectivity index (χ3v) is 1.84. The Morgan fingerprint density at radius 3 is 2.86 bits per heavy atom. The van der Waals surface area contributed by atoms with Crippen molar-refractivity contribution in [2.75, 3.05) is 20.9 Å². The molecule has 2 rings (SSSR count). The number of fused-ring (bicyclic) bond motifs is 1. The summed E-state index contributed by atoms with van der Waals surface area (Å²) >= 11 is 0. The second kappa shape index (κ2) is 4.69. The molecule has 1 aliphatic heterocycles. The monoisotopic (exact) mass is 241 g/mol. The maximum absolute atomic E-state index is 5.22. The molecule has 0 N–H and O–H groups in total. The van der Waals surface area contributed by atoms with Gasteiger partial charge in [0.05, 0.1) is 11.5 Å². The van der Waals surface area contributed by atoms with Crippen LogP contribution in [0.3, 0.4) is 0 Å². The van der Waals surface area contributed by atoms with E-state index in [1.165, 1.54) is 0 Å². The molecule has 0 saturated carbocycles. The van der Waals surface area contributed by atoms with E-state index in [1.54, 1.807) is 0 Å². The molecule has 3 nitrogen and oxygen atoms in total. The van der Waals surface area contributed by atoms with Crippen LogP contribution in [-0.4, -0.2) is 25.8 Å². The van der Waals surface area contributed by atoms with Crippen molar-refractivity contribution in [2.45, 2.75) is 6.54 Å². The first-order valence-corrected chi connectivity index (χ1v) is 4.21. The standard InChI is InChI=1S/C10H12NO2.Cu/c1-11(2)6-8-3-4-9-10(5-8)13-7-12-9;/h3-4H,6-7H2,1-2H3;/q-1;+1. The molecule has 0 bridgehead atoms. The SMILES string of the molecule is CN(C)Cc1[c-]c2c(cc1)OCO2.[Cu+]. The molecular weight excluding hydrogens is 230 g/mol. The third-order valence-electron chi connectivity index (χ3n) is 1.84. The third kappa shape index (κ3) is 2.41. The van der Waals surface area contributed by atoms with Gasteiger partial charge < -0.3 is 14.4 Å². The van der Waals surface area contributed by atoms with Crippen LogP contribution in [0.2, 0.25) is 0 Å². The molecule has 0 fully saturated rings. The van der Waals surface area contributed by atoms with Gasteiger partial charge >= 0.3 is 17.1 Å². The quantitative estimate of drug-likeness (QED) is 0.575. The Morgan fingerprint density at radius 2 is 2.14 bits per heavy atom. The molecule has 0 amide bonds. The van der Waals surface area contributed by atoms with Gasteiger partial charge in [0.15, 0.2) is 0 Å². The van der Waals surface area contributed by atoms with Crippen LogP contribution in [0.5, 0.6) is 11.5 Å². The maximum Gasteiger partial charge on any atom is 1.00 e. The Bertz CT molecular complexity index is 315. The molecule has 14 heavy (non-hydrogen) atoms. The number of ether oxygens (including phenoxy) is 2. The zero-order valence-corrected chi connectivity index (χ0v) is 9.08. The molecule has 0 aliphatic carbocycles. The van der Waals surface area contributed by atoms with Gasteiger partial charge in [-0.2, -0.15) is 6.07 Å². The van der Waals surface area contributed by atoms with Gasteiger partial charge in [0.2, 0.25) is 6.79 Å². The van der Waals surface area contributed by atoms with E-state index >= 15 is 0 Å². The van der Waals surface area contributed by atoms with Gasteiger partial charge in [-0.1, -0.05) is 0 Å². The molecule has 0 atom stereocenters. The smallest absolute Gasteiger partial charge is 0.516 e. The maximum atomic E-state index is 5.22. The first-order valence-electron chi connectivity index (χ1n) is 4.21. The summed E-state index contributed by atoms with van der Waals surface area (Å²) in [5.41, 5.74) is 1.12. The number of hydrogen-bond acceptors (Lipinski definition) is 3. The van der Waals surface area contributed by atoms with Crippen LogP contribution < -0.4 is 9.47 Å². The van der Waals surface area contributed by atoms with E-state index in [1.807, 2.05) is 26.2 Å². The molecule has 4 heteroatoms. The van der Waals surface area contributed by atoms with Crippen LogP contribution in [0.25, 0.3) is 0 Å². The second-order valence-electron chi connectivity index (χ2n) is 3.32. The van der Waals surface area contributed by atoms with Gasteiger partial charge in [-0.25, -0.2) is 0 Å². The molecule has 0 radical (unpaired) electrons. The number of hydrogen-bond donors (Lipinski definition) is 0. The average Bonchev–Trinajstić information content (AvgIpc) is 2.49. The Morgan fingerprint density at radius 1 is 1.36 bits per heavy atom. The summed E-state index contributed by atoms with van der Waals surface area (Å²) in [6, 6.07) is 7.10. The molecule has 0 spiro atoms. The normalized spacial score (nSPS) is 12.8. The van der Waals surface area contributed by atoms with Gasteiger partial charge in [-0.05, 0) is 14.1 Å². The fourth-order valence-corrected chi connectivity index (χ4v) is 1.31. The summed E-state index contributed by atoms with van der Waals surface area (Å²) in [7, 11) is 4.05. The minimum Gasteiger partial charge on any atom is -0.516 e. The Hall–Kier alpha value is -0.701. The van der Waals surface area contributed by atoms with Crippen molar-refractivity contribution >= 4 is 0 Å². The van der Waals surface area contributed by atoms with E-state index in [0.29, 0.717) is 6.79 Å². The first kappa shape index (κ1) is 11.4. The minimum atomic E-state index is 0. The van der Waals surface area contributed by atoms with E-state index in [9.17, 15) is 0 Å². The van der Waals surface area contributed by atoms with Gasteiger partial charge in [-0.3, -0.25) is 0 Å². The van der Waals surface area contributed by atoms with E-state index in [0.717, 1.165) is 23.6 Å². The predicted octanol–water partition coefficient (Wildman–Crippen LogP) is 1.27. The van der Waals surface area contributed by atoms with Crippen molar-refractivity contribution in [3.05, 3.63) is 23.8 Å². The molecule has 1 aromatic rings. The topological polar surface area (TPSA) is 21.7 Å². The Kier molecular flexibility index (Phi) is 3.81. The van der Waals surface area contributed by atoms with Gasteiger partial charge in [-0.15, -0.1) is 17.7 Å². The first-order chi connectivity index (χ1) is 6.25. The average molecular weight is 242 g/mol. The van der Waals surface area contributed by atoms with Crippen molar-refractivity contribution in [1.82, 2.24) is 4.90 Å². The summed E-state index contributed by atoms with van der Waals surface area (Å²) in [5, 5.41) is 0. The fraction of sp³-hybridized carbons (Fsp3) is 0.400. The number of nitrogens with zero attached hydrogens (tertiary/aromatic N) is 1. The Labute approximate surface area is 94.5 Å². The molecule has 1 aromatic carbocycles.